The fraction of sp³-hybridized carbons (Fsp3) is 0.562. The summed E-state index contributed by atoms with van der Waals surface area (Å²) in [6.45, 7) is 5.94. The van der Waals surface area contributed by atoms with Gasteiger partial charge in [0.05, 0.1) is 11.6 Å². The normalized spacial score (nSPS) is 18.0. The molecule has 1 aromatic rings. The van der Waals surface area contributed by atoms with Crippen LogP contribution in [0.25, 0.3) is 0 Å². The Morgan fingerprint density at radius 3 is 2.81 bits per heavy atom. The number of ether oxygens (including phenoxy) is 1. The van der Waals surface area contributed by atoms with Gasteiger partial charge in [-0.1, -0.05) is 0 Å². The van der Waals surface area contributed by atoms with Gasteiger partial charge in [0.2, 0.25) is 0 Å². The van der Waals surface area contributed by atoms with Gasteiger partial charge in [-0.15, -0.1) is 0 Å². The van der Waals surface area contributed by atoms with Crippen molar-refractivity contribution in [1.82, 2.24) is 10.2 Å². The molecule has 5 heteroatoms. The SMILES string of the molecule is COc1ccc(C(=O)N(CC2CCCN2)C(C)C)cc1Br. The summed E-state index contributed by atoms with van der Waals surface area (Å²) < 4.78 is 6.02. The lowest BCUT2D eigenvalue weighted by molar-refractivity contribution is 0.0689. The molecule has 21 heavy (non-hydrogen) atoms. The van der Waals surface area contributed by atoms with Crippen LogP contribution in [-0.2, 0) is 0 Å². The molecule has 1 N–H and O–H groups in total. The fourth-order valence-electron chi connectivity index (χ4n) is 2.64. The summed E-state index contributed by atoms with van der Waals surface area (Å²) in [6, 6.07) is 6.07. The number of carbonyl (C=O) groups is 1. The zero-order valence-corrected chi connectivity index (χ0v) is 14.4. The molecule has 116 valence electrons. The number of amides is 1. The summed E-state index contributed by atoms with van der Waals surface area (Å²) in [5.41, 5.74) is 0.689. The topological polar surface area (TPSA) is 41.6 Å². The second kappa shape index (κ2) is 7.27. The molecule has 1 fully saturated rings. The van der Waals surface area contributed by atoms with Crippen molar-refractivity contribution >= 4 is 21.8 Å². The van der Waals surface area contributed by atoms with Crippen molar-refractivity contribution in [2.45, 2.75) is 38.8 Å². The molecule has 1 saturated heterocycles. The zero-order valence-electron chi connectivity index (χ0n) is 12.9. The Bertz CT molecular complexity index is 499. The third kappa shape index (κ3) is 3.98. The predicted molar refractivity (Wildman–Crippen MR) is 87.9 cm³/mol. The Morgan fingerprint density at radius 2 is 2.29 bits per heavy atom. The first-order valence-electron chi connectivity index (χ1n) is 7.40. The maximum absolute atomic E-state index is 12.8. The van der Waals surface area contributed by atoms with Crippen LogP contribution < -0.4 is 10.1 Å². The van der Waals surface area contributed by atoms with Gasteiger partial charge < -0.3 is 15.0 Å². The number of methoxy groups -OCH3 is 1. The highest BCUT2D eigenvalue weighted by atomic mass is 79.9. The maximum atomic E-state index is 12.8. The smallest absolute Gasteiger partial charge is 0.254 e. The third-order valence-corrected chi connectivity index (χ3v) is 4.48. The van der Waals surface area contributed by atoms with Gasteiger partial charge in [0, 0.05) is 24.2 Å². The van der Waals surface area contributed by atoms with E-state index in [4.69, 9.17) is 4.74 Å². The van der Waals surface area contributed by atoms with E-state index in [1.165, 1.54) is 6.42 Å². The van der Waals surface area contributed by atoms with Crippen molar-refractivity contribution in [2.75, 3.05) is 20.2 Å². The Balaban J connectivity index is 2.15. The molecule has 0 spiro atoms. The molecule has 0 saturated carbocycles. The van der Waals surface area contributed by atoms with Gasteiger partial charge in [0.15, 0.2) is 0 Å². The minimum atomic E-state index is 0.0713. The van der Waals surface area contributed by atoms with Crippen LogP contribution in [0.1, 0.15) is 37.0 Å². The Hall–Kier alpha value is -1.07. The monoisotopic (exact) mass is 354 g/mol. The largest absolute Gasteiger partial charge is 0.496 e. The highest BCUT2D eigenvalue weighted by molar-refractivity contribution is 9.10. The molecule has 1 amide bonds. The molecule has 0 aliphatic carbocycles. The molecule has 1 atom stereocenters. The van der Waals surface area contributed by atoms with Crippen LogP contribution >= 0.6 is 15.9 Å². The highest BCUT2D eigenvalue weighted by Gasteiger charge is 2.24. The number of hydrogen-bond donors (Lipinski definition) is 1. The summed E-state index contributed by atoms with van der Waals surface area (Å²) in [6.07, 6.45) is 2.34. The maximum Gasteiger partial charge on any atom is 0.254 e. The first-order valence-corrected chi connectivity index (χ1v) is 8.20. The van der Waals surface area contributed by atoms with Gasteiger partial charge in [0.25, 0.3) is 5.91 Å². The molecule has 0 bridgehead atoms. The van der Waals surface area contributed by atoms with E-state index >= 15 is 0 Å². The summed E-state index contributed by atoms with van der Waals surface area (Å²) in [5.74, 6) is 0.808. The average Bonchev–Trinajstić information content (AvgIpc) is 2.96. The molecule has 1 heterocycles. The van der Waals surface area contributed by atoms with Gasteiger partial charge in [-0.25, -0.2) is 0 Å². The summed E-state index contributed by atoms with van der Waals surface area (Å²) >= 11 is 3.44. The van der Waals surface area contributed by atoms with Crippen LogP contribution in [0.4, 0.5) is 0 Å². The number of benzene rings is 1. The number of halogens is 1. The Kier molecular flexibility index (Phi) is 5.65. The molecular formula is C16H23BrN2O2. The Labute approximate surface area is 135 Å². The first kappa shape index (κ1) is 16.3. The number of carbonyl (C=O) groups excluding carboxylic acids is 1. The van der Waals surface area contributed by atoms with Crippen LogP contribution in [0.5, 0.6) is 5.75 Å². The van der Waals surface area contributed by atoms with Gasteiger partial charge in [-0.3, -0.25) is 4.79 Å². The van der Waals surface area contributed by atoms with Crippen LogP contribution in [0.15, 0.2) is 22.7 Å². The van der Waals surface area contributed by atoms with Crippen LogP contribution in [0.3, 0.4) is 0 Å². The first-order chi connectivity index (χ1) is 10.0. The molecule has 4 nitrogen and oxygen atoms in total. The van der Waals surface area contributed by atoms with Crippen LogP contribution in [0.2, 0.25) is 0 Å². The summed E-state index contributed by atoms with van der Waals surface area (Å²) in [5, 5.41) is 3.45. The van der Waals surface area contributed by atoms with E-state index in [-0.39, 0.29) is 11.9 Å². The minimum Gasteiger partial charge on any atom is -0.496 e. The van der Waals surface area contributed by atoms with E-state index in [0.29, 0.717) is 11.6 Å². The van der Waals surface area contributed by atoms with Crippen molar-refractivity contribution in [3.63, 3.8) is 0 Å². The van der Waals surface area contributed by atoms with E-state index < -0.39 is 0 Å². The third-order valence-electron chi connectivity index (χ3n) is 3.86. The lowest BCUT2D eigenvalue weighted by atomic mass is 10.1. The van der Waals surface area contributed by atoms with E-state index in [2.05, 4.69) is 35.1 Å². The van der Waals surface area contributed by atoms with Gasteiger partial charge in [-0.05, 0) is 67.4 Å². The zero-order chi connectivity index (χ0) is 15.4. The van der Waals surface area contributed by atoms with Crippen LogP contribution in [0, 0.1) is 0 Å². The van der Waals surface area contributed by atoms with Crippen molar-refractivity contribution in [3.8, 4) is 5.75 Å². The molecule has 2 rings (SSSR count). The second-order valence-electron chi connectivity index (χ2n) is 5.69. The van der Waals surface area contributed by atoms with Gasteiger partial charge in [0.1, 0.15) is 5.75 Å². The quantitative estimate of drug-likeness (QED) is 0.883. The predicted octanol–water partition coefficient (Wildman–Crippen LogP) is 3.06. The summed E-state index contributed by atoms with van der Waals surface area (Å²) in [4.78, 5) is 14.7. The van der Waals surface area contributed by atoms with E-state index in [1.54, 1.807) is 7.11 Å². The Morgan fingerprint density at radius 1 is 1.52 bits per heavy atom. The van der Waals surface area contributed by atoms with Crippen molar-refractivity contribution in [2.24, 2.45) is 0 Å². The van der Waals surface area contributed by atoms with E-state index in [0.717, 1.165) is 29.7 Å². The number of hydrogen-bond acceptors (Lipinski definition) is 3. The molecule has 0 aromatic heterocycles. The van der Waals surface area contributed by atoms with Crippen molar-refractivity contribution < 1.29 is 9.53 Å². The van der Waals surface area contributed by atoms with Crippen molar-refractivity contribution in [3.05, 3.63) is 28.2 Å². The van der Waals surface area contributed by atoms with E-state index in [1.807, 2.05) is 23.1 Å². The van der Waals surface area contributed by atoms with Gasteiger partial charge in [-0.2, -0.15) is 0 Å². The van der Waals surface area contributed by atoms with E-state index in [9.17, 15) is 4.79 Å². The fourth-order valence-corrected chi connectivity index (χ4v) is 3.18. The molecule has 1 aliphatic heterocycles. The number of nitrogens with zero attached hydrogens (tertiary/aromatic N) is 1. The highest BCUT2D eigenvalue weighted by Crippen LogP contribution is 2.26. The summed E-state index contributed by atoms with van der Waals surface area (Å²) in [7, 11) is 1.62. The lowest BCUT2D eigenvalue weighted by Gasteiger charge is -2.29. The molecule has 1 aromatic carbocycles. The molecule has 1 aliphatic rings. The molecular weight excluding hydrogens is 332 g/mol. The average molecular weight is 355 g/mol. The number of rotatable bonds is 5. The number of nitrogens with one attached hydrogen (secondary N) is 1. The minimum absolute atomic E-state index is 0.0713. The second-order valence-corrected chi connectivity index (χ2v) is 6.55. The lowest BCUT2D eigenvalue weighted by Crippen LogP contribution is -2.44. The van der Waals surface area contributed by atoms with Crippen LogP contribution in [-0.4, -0.2) is 43.1 Å². The van der Waals surface area contributed by atoms with Crippen molar-refractivity contribution in [1.29, 1.82) is 0 Å². The molecule has 1 unspecified atom stereocenters. The molecule has 0 radical (unpaired) electrons. The van der Waals surface area contributed by atoms with Gasteiger partial charge >= 0.3 is 0 Å². The standard InChI is InChI=1S/C16H23BrN2O2/c1-11(2)19(10-13-5-4-8-18-13)16(20)12-6-7-15(21-3)14(17)9-12/h6-7,9,11,13,18H,4-5,8,10H2,1-3H3.